The summed E-state index contributed by atoms with van der Waals surface area (Å²) in [6.45, 7) is 2.95. The predicted molar refractivity (Wildman–Crippen MR) is 103 cm³/mol. The third-order valence-corrected chi connectivity index (χ3v) is 4.70. The van der Waals surface area contributed by atoms with Gasteiger partial charge in [0.15, 0.2) is 0 Å². The lowest BCUT2D eigenvalue weighted by atomic mass is 9.98. The van der Waals surface area contributed by atoms with Gasteiger partial charge in [-0.3, -0.25) is 19.1 Å². The second-order valence-corrected chi connectivity index (χ2v) is 6.79. The molecule has 2 aromatic rings. The van der Waals surface area contributed by atoms with E-state index in [-0.39, 0.29) is 29.9 Å². The van der Waals surface area contributed by atoms with Gasteiger partial charge in [0.25, 0.3) is 5.91 Å². The summed E-state index contributed by atoms with van der Waals surface area (Å²) in [5, 5.41) is 6.63. The zero-order valence-corrected chi connectivity index (χ0v) is 16.1. The van der Waals surface area contributed by atoms with E-state index >= 15 is 0 Å². The van der Waals surface area contributed by atoms with Crippen LogP contribution in [0.25, 0.3) is 0 Å². The fraction of sp³-hybridized carbons (Fsp3) is 0.400. The normalized spacial score (nSPS) is 16.3. The number of carbonyl (C=O) groups is 3. The number of nitrogens with one attached hydrogen (secondary N) is 1. The van der Waals surface area contributed by atoms with E-state index < -0.39 is 11.7 Å². The topological polar surface area (TPSA) is 93.5 Å². The van der Waals surface area contributed by atoms with Gasteiger partial charge in [-0.2, -0.15) is 5.10 Å². The van der Waals surface area contributed by atoms with Gasteiger partial charge in [0.05, 0.1) is 30.0 Å². The van der Waals surface area contributed by atoms with E-state index in [0.717, 1.165) is 6.42 Å². The van der Waals surface area contributed by atoms with E-state index in [2.05, 4.69) is 10.4 Å². The summed E-state index contributed by atoms with van der Waals surface area (Å²) in [5.41, 5.74) is 0.281. The van der Waals surface area contributed by atoms with Crippen molar-refractivity contribution >= 4 is 23.5 Å². The number of halogens is 1. The number of aromatic nitrogens is 2. The van der Waals surface area contributed by atoms with Crippen molar-refractivity contribution in [2.75, 3.05) is 25.0 Å². The molecule has 0 radical (unpaired) electrons. The van der Waals surface area contributed by atoms with Gasteiger partial charge in [0, 0.05) is 19.3 Å². The fourth-order valence-electron chi connectivity index (χ4n) is 3.25. The molecule has 1 atom stereocenters. The van der Waals surface area contributed by atoms with Crippen LogP contribution in [0.3, 0.4) is 0 Å². The largest absolute Gasteiger partial charge is 0.466 e. The smallest absolute Gasteiger partial charge is 0.310 e. The van der Waals surface area contributed by atoms with Crippen molar-refractivity contribution in [1.82, 2.24) is 14.7 Å². The van der Waals surface area contributed by atoms with Gasteiger partial charge in [-0.15, -0.1) is 0 Å². The highest BCUT2D eigenvalue weighted by Gasteiger charge is 2.29. The van der Waals surface area contributed by atoms with Crippen molar-refractivity contribution in [3.63, 3.8) is 0 Å². The number of rotatable bonds is 6. The van der Waals surface area contributed by atoms with Crippen LogP contribution in [0.15, 0.2) is 36.7 Å². The van der Waals surface area contributed by atoms with Crippen LogP contribution in [0, 0.1) is 11.7 Å². The Morgan fingerprint density at radius 3 is 2.86 bits per heavy atom. The number of hydrogen-bond donors (Lipinski definition) is 1. The molecule has 2 heterocycles. The summed E-state index contributed by atoms with van der Waals surface area (Å²) in [4.78, 5) is 38.3. The quantitative estimate of drug-likeness (QED) is 0.747. The number of ether oxygens (including phenoxy) is 1. The first kappa shape index (κ1) is 20.5. The lowest BCUT2D eigenvalue weighted by Gasteiger charge is -2.31. The molecule has 1 fully saturated rings. The Bertz CT molecular complexity index is 898. The fourth-order valence-corrected chi connectivity index (χ4v) is 3.25. The van der Waals surface area contributed by atoms with Gasteiger partial charge in [-0.25, -0.2) is 4.39 Å². The van der Waals surface area contributed by atoms with Crippen LogP contribution in [0.4, 0.5) is 10.1 Å². The van der Waals surface area contributed by atoms with Crippen molar-refractivity contribution in [1.29, 1.82) is 0 Å². The highest BCUT2D eigenvalue weighted by molar-refractivity contribution is 6.04. The molecule has 9 heteroatoms. The lowest BCUT2D eigenvalue weighted by molar-refractivity contribution is -0.151. The summed E-state index contributed by atoms with van der Waals surface area (Å²) >= 11 is 0. The van der Waals surface area contributed by atoms with Gasteiger partial charge in [0.1, 0.15) is 12.4 Å². The summed E-state index contributed by atoms with van der Waals surface area (Å²) in [7, 11) is 0. The minimum Gasteiger partial charge on any atom is -0.466 e. The monoisotopic (exact) mass is 402 g/mol. The zero-order valence-electron chi connectivity index (χ0n) is 16.1. The molecule has 1 aliphatic rings. The average molecular weight is 402 g/mol. The molecule has 0 bridgehead atoms. The highest BCUT2D eigenvalue weighted by atomic mass is 19.1. The average Bonchev–Trinajstić information content (AvgIpc) is 3.15. The second kappa shape index (κ2) is 9.31. The minimum absolute atomic E-state index is 0.0227. The van der Waals surface area contributed by atoms with E-state index in [4.69, 9.17) is 4.74 Å². The van der Waals surface area contributed by atoms with Crippen LogP contribution in [0.5, 0.6) is 0 Å². The molecule has 0 spiro atoms. The van der Waals surface area contributed by atoms with Crippen LogP contribution in [0.1, 0.15) is 30.1 Å². The van der Waals surface area contributed by atoms with Crippen LogP contribution >= 0.6 is 0 Å². The first-order valence-electron chi connectivity index (χ1n) is 9.50. The van der Waals surface area contributed by atoms with E-state index in [0.29, 0.717) is 31.8 Å². The molecule has 154 valence electrons. The molecule has 8 nitrogen and oxygen atoms in total. The maximum atomic E-state index is 13.7. The number of carbonyl (C=O) groups excluding carboxylic acids is 3. The van der Waals surface area contributed by atoms with Crippen LogP contribution < -0.4 is 5.32 Å². The van der Waals surface area contributed by atoms with Crippen molar-refractivity contribution in [2.45, 2.75) is 26.3 Å². The molecule has 1 aliphatic heterocycles. The first-order valence-corrected chi connectivity index (χ1v) is 9.50. The molecule has 3 rings (SSSR count). The first-order chi connectivity index (χ1) is 14.0. The Labute approximate surface area is 167 Å². The number of benzene rings is 1. The molecule has 1 saturated heterocycles. The SMILES string of the molecule is CCOC(=O)[C@H]1CCCN(C(=O)Cn2cc(NC(=O)c3ccccc3F)cn2)C1. The molecule has 0 unspecified atom stereocenters. The van der Waals surface area contributed by atoms with Gasteiger partial charge >= 0.3 is 5.97 Å². The van der Waals surface area contributed by atoms with Crippen molar-refractivity contribution < 1.29 is 23.5 Å². The summed E-state index contributed by atoms with van der Waals surface area (Å²) in [5.74, 6) is -1.96. The van der Waals surface area contributed by atoms with Gasteiger partial charge in [-0.05, 0) is 31.9 Å². The number of anilines is 1. The number of piperidine rings is 1. The van der Waals surface area contributed by atoms with Crippen molar-refractivity contribution in [3.8, 4) is 0 Å². The third kappa shape index (κ3) is 5.18. The van der Waals surface area contributed by atoms with E-state index in [1.165, 1.54) is 35.3 Å². The van der Waals surface area contributed by atoms with Crippen molar-refractivity contribution in [2.24, 2.45) is 5.92 Å². The second-order valence-electron chi connectivity index (χ2n) is 6.79. The van der Waals surface area contributed by atoms with Crippen LogP contribution in [-0.2, 0) is 20.9 Å². The van der Waals surface area contributed by atoms with E-state index in [1.54, 1.807) is 17.9 Å². The summed E-state index contributed by atoms with van der Waals surface area (Å²) < 4.78 is 20.1. The minimum atomic E-state index is -0.617. The highest BCUT2D eigenvalue weighted by Crippen LogP contribution is 2.18. The number of likely N-dealkylation sites (tertiary alicyclic amines) is 1. The molecule has 2 amide bonds. The molecule has 0 aliphatic carbocycles. The summed E-state index contributed by atoms with van der Waals surface area (Å²) in [6, 6.07) is 5.67. The molecule has 1 aromatic carbocycles. The number of nitrogens with zero attached hydrogens (tertiary/aromatic N) is 3. The lowest BCUT2D eigenvalue weighted by Crippen LogP contribution is -2.44. The van der Waals surface area contributed by atoms with E-state index in [1.807, 2.05) is 0 Å². The standard InChI is InChI=1S/C20H23FN4O4/c1-2-29-20(28)14-6-5-9-24(11-14)18(26)13-25-12-15(10-22-25)23-19(27)16-7-3-4-8-17(16)21/h3-4,7-8,10,12,14H,2,5-6,9,11,13H2,1H3,(H,23,27)/t14-/m0/s1. The number of hydrogen-bond acceptors (Lipinski definition) is 5. The van der Waals surface area contributed by atoms with Gasteiger partial charge < -0.3 is 15.0 Å². The van der Waals surface area contributed by atoms with Crippen LogP contribution in [-0.4, -0.2) is 52.2 Å². The molecule has 29 heavy (non-hydrogen) atoms. The molecule has 1 N–H and O–H groups in total. The van der Waals surface area contributed by atoms with Gasteiger partial charge in [-0.1, -0.05) is 12.1 Å². The maximum absolute atomic E-state index is 13.7. The number of esters is 1. The van der Waals surface area contributed by atoms with E-state index in [9.17, 15) is 18.8 Å². The Balaban J connectivity index is 1.57. The predicted octanol–water partition coefficient (Wildman–Crippen LogP) is 2.08. The molecule has 0 saturated carbocycles. The Hall–Kier alpha value is -3.23. The maximum Gasteiger partial charge on any atom is 0.310 e. The zero-order chi connectivity index (χ0) is 20.8. The Morgan fingerprint density at radius 2 is 2.10 bits per heavy atom. The Morgan fingerprint density at radius 1 is 1.31 bits per heavy atom. The number of amides is 2. The van der Waals surface area contributed by atoms with Crippen molar-refractivity contribution in [3.05, 3.63) is 48.0 Å². The Kier molecular flexibility index (Phi) is 6.58. The van der Waals surface area contributed by atoms with Gasteiger partial charge in [0.2, 0.25) is 5.91 Å². The molecule has 1 aromatic heterocycles. The summed E-state index contributed by atoms with van der Waals surface area (Å²) in [6.07, 6.45) is 4.34. The third-order valence-electron chi connectivity index (χ3n) is 4.70. The molecular formula is C20H23FN4O4. The molecular weight excluding hydrogens is 379 g/mol. The van der Waals surface area contributed by atoms with Crippen LogP contribution in [0.2, 0.25) is 0 Å².